The molecule has 6 rings (SSSR count). The van der Waals surface area contributed by atoms with E-state index in [1.54, 1.807) is 0 Å². The molecule has 0 radical (unpaired) electrons. The highest BCUT2D eigenvalue weighted by atomic mass is 35.5. The zero-order valence-electron chi connectivity index (χ0n) is 23.2. The summed E-state index contributed by atoms with van der Waals surface area (Å²) in [4.78, 5) is 14.7. The van der Waals surface area contributed by atoms with Crippen LogP contribution in [0.15, 0.2) is 54.6 Å². The lowest BCUT2D eigenvalue weighted by molar-refractivity contribution is 0.292. The van der Waals surface area contributed by atoms with Gasteiger partial charge in [-0.2, -0.15) is 9.97 Å². The molecule has 0 bridgehead atoms. The van der Waals surface area contributed by atoms with Crippen molar-refractivity contribution in [3.63, 3.8) is 0 Å². The molecule has 40 heavy (non-hydrogen) atoms. The number of fused-ring (bicyclic) bond motifs is 1. The van der Waals surface area contributed by atoms with Gasteiger partial charge in [-0.05, 0) is 79.6 Å². The van der Waals surface area contributed by atoms with Gasteiger partial charge in [0.25, 0.3) is 0 Å². The van der Waals surface area contributed by atoms with E-state index in [0.29, 0.717) is 11.1 Å². The van der Waals surface area contributed by atoms with Crippen molar-refractivity contribution in [1.29, 1.82) is 0 Å². The molecule has 1 aromatic heterocycles. The second kappa shape index (κ2) is 12.3. The quantitative estimate of drug-likeness (QED) is 0.311. The van der Waals surface area contributed by atoms with Crippen LogP contribution in [-0.2, 0) is 18.4 Å². The van der Waals surface area contributed by atoms with Crippen LogP contribution in [0.5, 0.6) is 0 Å². The maximum Gasteiger partial charge on any atom is 0.232 e. The van der Waals surface area contributed by atoms with Crippen LogP contribution in [0.3, 0.4) is 0 Å². The van der Waals surface area contributed by atoms with Gasteiger partial charge < -0.3 is 20.4 Å². The van der Waals surface area contributed by atoms with Gasteiger partial charge in [-0.15, -0.1) is 0 Å². The second-order valence-corrected chi connectivity index (χ2v) is 12.4. The third-order valence-electron chi connectivity index (χ3n) is 8.89. The van der Waals surface area contributed by atoms with Crippen molar-refractivity contribution in [3.05, 3.63) is 76.3 Å². The summed E-state index contributed by atoms with van der Waals surface area (Å²) in [6.07, 6.45) is 10.7. The Bertz CT molecular complexity index is 1330. The van der Waals surface area contributed by atoms with Crippen LogP contribution < -0.4 is 20.4 Å². The van der Waals surface area contributed by atoms with Gasteiger partial charge in [0.15, 0.2) is 5.11 Å². The molecule has 2 aliphatic heterocycles. The van der Waals surface area contributed by atoms with Gasteiger partial charge in [0.1, 0.15) is 11.6 Å². The molecule has 2 aromatic carbocycles. The predicted octanol–water partition coefficient (Wildman–Crippen LogP) is 6.87. The second-order valence-electron chi connectivity index (χ2n) is 11.6. The molecule has 1 saturated heterocycles. The third-order valence-corrected chi connectivity index (χ3v) is 9.38. The summed E-state index contributed by atoms with van der Waals surface area (Å²) in [6.45, 7) is 4.63. The summed E-state index contributed by atoms with van der Waals surface area (Å²) < 4.78 is 0. The Balaban J connectivity index is 1.21. The molecular formula is C32H39ClN6S. The van der Waals surface area contributed by atoms with Crippen LogP contribution in [0.25, 0.3) is 0 Å². The lowest BCUT2D eigenvalue weighted by Crippen LogP contribution is -2.43. The zero-order valence-corrected chi connectivity index (χ0v) is 24.7. The van der Waals surface area contributed by atoms with E-state index in [4.69, 9.17) is 33.8 Å². The molecule has 0 spiro atoms. The molecule has 3 aromatic rings. The van der Waals surface area contributed by atoms with Gasteiger partial charge in [-0.25, -0.2) is 0 Å². The summed E-state index contributed by atoms with van der Waals surface area (Å²) in [5, 5.41) is 8.26. The van der Waals surface area contributed by atoms with E-state index in [2.05, 4.69) is 69.0 Å². The first kappa shape index (κ1) is 27.3. The highest BCUT2D eigenvalue weighted by molar-refractivity contribution is 7.80. The normalized spacial score (nSPS) is 18.6. The van der Waals surface area contributed by atoms with Crippen LogP contribution >= 0.6 is 23.8 Å². The Morgan fingerprint density at radius 1 is 0.825 bits per heavy atom. The van der Waals surface area contributed by atoms with Gasteiger partial charge in [0.2, 0.25) is 5.95 Å². The average molecular weight is 575 g/mol. The maximum absolute atomic E-state index is 6.40. The van der Waals surface area contributed by atoms with E-state index in [0.717, 1.165) is 68.6 Å². The first-order chi connectivity index (χ1) is 19.6. The van der Waals surface area contributed by atoms with Gasteiger partial charge in [-0.3, -0.25) is 0 Å². The fourth-order valence-electron chi connectivity index (χ4n) is 6.63. The smallest absolute Gasteiger partial charge is 0.232 e. The van der Waals surface area contributed by atoms with E-state index in [-0.39, 0.29) is 5.41 Å². The monoisotopic (exact) mass is 574 g/mol. The minimum atomic E-state index is 0.0255. The summed E-state index contributed by atoms with van der Waals surface area (Å²) in [5.41, 5.74) is 4.13. The number of hydrogen-bond acceptors (Lipinski definition) is 5. The minimum absolute atomic E-state index is 0.0255. The number of rotatable bonds is 6. The number of nitrogens with zero attached hydrogens (tertiary/aromatic N) is 4. The van der Waals surface area contributed by atoms with Crippen molar-refractivity contribution in [3.8, 4) is 0 Å². The van der Waals surface area contributed by atoms with Gasteiger partial charge in [0, 0.05) is 49.2 Å². The predicted molar refractivity (Wildman–Crippen MR) is 170 cm³/mol. The summed E-state index contributed by atoms with van der Waals surface area (Å²) >= 11 is 12.2. The fourth-order valence-corrected chi connectivity index (χ4v) is 6.98. The van der Waals surface area contributed by atoms with Crippen LogP contribution in [-0.4, -0.2) is 41.3 Å². The number of aromatic nitrogens is 2. The van der Waals surface area contributed by atoms with E-state index in [9.17, 15) is 0 Å². The van der Waals surface area contributed by atoms with Crippen molar-refractivity contribution in [2.45, 2.75) is 69.7 Å². The van der Waals surface area contributed by atoms with Crippen LogP contribution in [0.4, 0.5) is 17.6 Å². The number of thiocarbonyl (C=S) groups is 1. The summed E-state index contributed by atoms with van der Waals surface area (Å²) in [6, 6.07) is 19.2. The lowest BCUT2D eigenvalue weighted by Gasteiger charge is -2.38. The molecule has 3 aliphatic rings. The molecule has 3 heterocycles. The first-order valence-corrected chi connectivity index (χ1v) is 15.6. The summed E-state index contributed by atoms with van der Waals surface area (Å²) in [5.74, 6) is 2.50. The zero-order chi connectivity index (χ0) is 27.4. The number of benzene rings is 2. The van der Waals surface area contributed by atoms with Crippen LogP contribution in [0.2, 0.25) is 5.02 Å². The highest BCUT2D eigenvalue weighted by Gasteiger charge is 2.34. The minimum Gasteiger partial charge on any atom is -0.361 e. The van der Waals surface area contributed by atoms with Crippen molar-refractivity contribution in [1.82, 2.24) is 15.3 Å². The molecule has 0 atom stereocenters. The highest BCUT2D eigenvalue weighted by Crippen LogP contribution is 2.40. The van der Waals surface area contributed by atoms with Crippen molar-refractivity contribution >= 4 is 46.5 Å². The molecular weight excluding hydrogens is 536 g/mol. The number of hydrogen-bond donors (Lipinski definition) is 2. The van der Waals surface area contributed by atoms with Crippen molar-refractivity contribution < 1.29 is 0 Å². The van der Waals surface area contributed by atoms with Gasteiger partial charge in [0.05, 0.1) is 0 Å². The SMILES string of the molecule is S=C(NCC1(c2cccc(Cl)c2)CCCCC1)Nc1nc(N2CCCCC2)cc(N2CCc3ccccc3C2)n1. The van der Waals surface area contributed by atoms with E-state index < -0.39 is 0 Å². The fraction of sp³-hybridized carbons (Fsp3) is 0.469. The Hall–Kier alpha value is -2.90. The molecule has 8 heteroatoms. The Kier molecular flexibility index (Phi) is 8.40. The molecule has 210 valence electrons. The standard InChI is InChI=1S/C32H39ClN6S/c33-27-13-9-12-26(20-27)32(15-5-1-6-16-32)23-34-31(40)37-30-35-28(38-17-7-2-8-18-38)21-29(36-30)39-19-14-24-10-3-4-11-25(24)22-39/h3-4,9-13,20-21H,1-2,5-8,14-19,22-23H2,(H2,34,35,36,37,40). The van der Waals surface area contributed by atoms with E-state index in [1.165, 1.54) is 55.2 Å². The molecule has 1 saturated carbocycles. The molecule has 0 amide bonds. The van der Waals surface area contributed by atoms with Crippen LogP contribution in [0.1, 0.15) is 68.1 Å². The lowest BCUT2D eigenvalue weighted by atomic mass is 9.69. The van der Waals surface area contributed by atoms with Crippen molar-refractivity contribution in [2.24, 2.45) is 0 Å². The largest absolute Gasteiger partial charge is 0.361 e. The number of anilines is 3. The molecule has 6 nitrogen and oxygen atoms in total. The van der Waals surface area contributed by atoms with Crippen molar-refractivity contribution in [2.75, 3.05) is 41.3 Å². The summed E-state index contributed by atoms with van der Waals surface area (Å²) in [7, 11) is 0. The van der Waals surface area contributed by atoms with Crippen LogP contribution in [0, 0.1) is 0 Å². The number of nitrogens with one attached hydrogen (secondary N) is 2. The Morgan fingerprint density at radius 3 is 2.33 bits per heavy atom. The molecule has 1 aliphatic carbocycles. The average Bonchev–Trinajstić information content (AvgIpc) is 3.00. The van der Waals surface area contributed by atoms with E-state index >= 15 is 0 Å². The topological polar surface area (TPSA) is 56.3 Å². The van der Waals surface area contributed by atoms with Gasteiger partial charge in [-0.1, -0.05) is 67.3 Å². The molecule has 2 N–H and O–H groups in total. The van der Waals surface area contributed by atoms with E-state index in [1.807, 2.05) is 6.07 Å². The molecule has 0 unspecified atom stereocenters. The maximum atomic E-state index is 6.40. The Labute approximate surface area is 248 Å². The van der Waals surface area contributed by atoms with Gasteiger partial charge >= 0.3 is 0 Å². The third kappa shape index (κ3) is 6.21. The first-order valence-electron chi connectivity index (χ1n) is 14.8. The Morgan fingerprint density at radius 2 is 1.55 bits per heavy atom. The molecule has 2 fully saturated rings. The number of halogens is 1. The number of piperidine rings is 1.